The first-order chi connectivity index (χ1) is 16.4. The molecule has 0 bridgehead atoms. The first-order valence-electron chi connectivity index (χ1n) is 11.5. The lowest BCUT2D eigenvalue weighted by molar-refractivity contribution is -0.118. The van der Waals surface area contributed by atoms with Crippen molar-refractivity contribution >= 4 is 39.1 Å². The van der Waals surface area contributed by atoms with Gasteiger partial charge in [0, 0.05) is 5.92 Å². The summed E-state index contributed by atoms with van der Waals surface area (Å²) in [7, 11) is -7.29. The Morgan fingerprint density at radius 1 is 1.36 bits per heavy atom. The molecule has 4 atom stereocenters. The van der Waals surface area contributed by atoms with E-state index >= 15 is 0 Å². The van der Waals surface area contributed by atoms with Crippen LogP contribution in [-0.2, 0) is 18.5 Å². The number of carbonyl (C=O) groups is 1. The molecule has 16 heteroatoms. The van der Waals surface area contributed by atoms with E-state index in [1.807, 2.05) is 33.9 Å². The summed E-state index contributed by atoms with van der Waals surface area (Å²) in [5, 5.41) is 14.5. The summed E-state index contributed by atoms with van der Waals surface area (Å²) in [6.45, 7) is 12.8. The maximum absolute atomic E-state index is 12.7. The molecule has 2 aromatic heterocycles. The number of aliphatic hydroxyl groups is 1. The summed E-state index contributed by atoms with van der Waals surface area (Å²) in [6, 6.07) is -1.09. The quantitative estimate of drug-likeness (QED) is 0.204. The molecule has 0 aliphatic carbocycles. The summed E-state index contributed by atoms with van der Waals surface area (Å²) < 4.78 is 25.9. The highest BCUT2D eigenvalue weighted by atomic mass is 31.2. The number of aromatic amines is 1. The minimum absolute atomic E-state index is 0.0285. The van der Waals surface area contributed by atoms with Gasteiger partial charge in [0.15, 0.2) is 25.7 Å². The van der Waals surface area contributed by atoms with Crippen molar-refractivity contribution in [2.24, 2.45) is 5.92 Å². The molecule has 202 valence electrons. The summed E-state index contributed by atoms with van der Waals surface area (Å²) in [4.78, 5) is 55.1. The molecule has 1 aliphatic heterocycles. The second-order valence-electron chi connectivity index (χ2n) is 10.7. The van der Waals surface area contributed by atoms with Gasteiger partial charge < -0.3 is 24.1 Å². The van der Waals surface area contributed by atoms with Crippen LogP contribution in [0.5, 0.6) is 0 Å². The van der Waals surface area contributed by atoms with Crippen LogP contribution >= 0.6 is 7.75 Å². The molecule has 0 unspecified atom stereocenters. The van der Waals surface area contributed by atoms with Crippen LogP contribution in [0.1, 0.15) is 40.8 Å². The van der Waals surface area contributed by atoms with Crippen molar-refractivity contribution in [2.45, 2.75) is 77.2 Å². The van der Waals surface area contributed by atoms with Gasteiger partial charge in [0.1, 0.15) is 12.2 Å². The molecule has 3 rings (SSSR count). The van der Waals surface area contributed by atoms with Crippen molar-refractivity contribution in [1.82, 2.24) is 24.6 Å². The van der Waals surface area contributed by atoms with E-state index in [-0.39, 0.29) is 34.0 Å². The number of imidazole rings is 1. The average Bonchev–Trinajstić information content (AvgIpc) is 3.27. The number of hydrogen-bond donors (Lipinski definition) is 6. The number of H-pyrrole nitrogens is 1. The summed E-state index contributed by atoms with van der Waals surface area (Å²) in [5.74, 6) is -0.802. The topological polar surface area (TPSA) is 201 Å². The van der Waals surface area contributed by atoms with E-state index in [4.69, 9.17) is 9.16 Å². The van der Waals surface area contributed by atoms with E-state index in [0.29, 0.717) is 0 Å². The Morgan fingerprint density at radius 2 is 2.00 bits per heavy atom. The zero-order valence-corrected chi connectivity index (χ0v) is 23.2. The molecule has 1 saturated heterocycles. The van der Waals surface area contributed by atoms with Gasteiger partial charge in [0.25, 0.3) is 5.56 Å². The van der Waals surface area contributed by atoms with Gasteiger partial charge in [0.2, 0.25) is 11.9 Å². The summed E-state index contributed by atoms with van der Waals surface area (Å²) >= 11 is 0. The number of anilines is 1. The fraction of sp³-hybridized carbons (Fsp3) is 0.700. The van der Waals surface area contributed by atoms with Crippen LogP contribution in [0.2, 0.25) is 18.1 Å². The molecule has 14 nitrogen and oxygen atoms in total. The SMILES string of the molecule is CC(C)C(=O)Nc1nc2c(ncn2[C@@H]2O[C@H](CO)[C@@H](NP(=O)(O)O)[C@H]2O[Si](C)(C)C(C)(C)C)c(=O)[nH]1. The molecule has 0 aromatic carbocycles. The van der Waals surface area contributed by atoms with Gasteiger partial charge in [-0.05, 0) is 18.1 Å². The van der Waals surface area contributed by atoms with Crippen molar-refractivity contribution in [3.63, 3.8) is 0 Å². The molecule has 0 saturated carbocycles. The van der Waals surface area contributed by atoms with Crippen molar-refractivity contribution in [3.8, 4) is 0 Å². The van der Waals surface area contributed by atoms with Gasteiger partial charge >= 0.3 is 7.75 Å². The first-order valence-corrected chi connectivity index (χ1v) is 16.0. The Labute approximate surface area is 209 Å². The van der Waals surface area contributed by atoms with Gasteiger partial charge in [-0.3, -0.25) is 24.5 Å². The lowest BCUT2D eigenvalue weighted by Gasteiger charge is -2.40. The van der Waals surface area contributed by atoms with Crippen LogP contribution in [-0.4, -0.2) is 73.5 Å². The van der Waals surface area contributed by atoms with E-state index in [0.717, 1.165) is 0 Å². The maximum atomic E-state index is 12.7. The van der Waals surface area contributed by atoms with Gasteiger partial charge in [-0.25, -0.2) is 14.6 Å². The molecule has 0 spiro atoms. The van der Waals surface area contributed by atoms with E-state index in [9.17, 15) is 29.0 Å². The van der Waals surface area contributed by atoms with Crippen LogP contribution in [0, 0.1) is 5.92 Å². The Balaban J connectivity index is 2.13. The molecular formula is C20H35N6O8PSi. The molecule has 1 aliphatic rings. The monoisotopic (exact) mass is 546 g/mol. The van der Waals surface area contributed by atoms with Crippen molar-refractivity contribution in [3.05, 3.63) is 16.7 Å². The molecule has 3 heterocycles. The number of hydrogen-bond acceptors (Lipinski definition) is 8. The zero-order valence-electron chi connectivity index (χ0n) is 21.3. The minimum atomic E-state index is -4.75. The van der Waals surface area contributed by atoms with E-state index in [1.165, 1.54) is 10.9 Å². The number of fused-ring (bicyclic) bond motifs is 1. The molecule has 1 fully saturated rings. The largest absolute Gasteiger partial charge is 0.408 e. The second kappa shape index (κ2) is 10.1. The van der Waals surface area contributed by atoms with Gasteiger partial charge in [-0.15, -0.1) is 0 Å². The Morgan fingerprint density at radius 3 is 2.53 bits per heavy atom. The van der Waals surface area contributed by atoms with Crippen LogP contribution in [0.4, 0.5) is 5.95 Å². The molecule has 6 N–H and O–H groups in total. The standard InChI is InChI=1S/C20H35N6O8PSi/c1-10(2)16(28)23-19-22-15-13(17(29)24-19)21-9-26(15)18-14(34-36(6,7)20(3,4)5)12(11(8-27)33-18)25-35(30,31)32/h9-12,14,18,27H,8H2,1-7H3,(H3,25,30,31,32)(H2,22,23,24,28,29)/t11-,12-,14-,18-/m1/s1. The lowest BCUT2D eigenvalue weighted by Crippen LogP contribution is -2.52. The number of rotatable bonds is 8. The summed E-state index contributed by atoms with van der Waals surface area (Å²) in [6.07, 6.45) is -1.77. The third-order valence-corrected chi connectivity index (χ3v) is 11.7. The van der Waals surface area contributed by atoms with E-state index in [2.05, 4.69) is 25.4 Å². The number of nitrogens with one attached hydrogen (secondary N) is 3. The third-order valence-electron chi connectivity index (χ3n) is 6.56. The fourth-order valence-electron chi connectivity index (χ4n) is 3.54. The predicted octanol–water partition coefficient (Wildman–Crippen LogP) is 1.05. The molecule has 0 radical (unpaired) electrons. The Kier molecular flexibility index (Phi) is 7.99. The first kappa shape index (κ1) is 28.6. The lowest BCUT2D eigenvalue weighted by atomic mass is 10.1. The Hall–Kier alpha value is -1.97. The van der Waals surface area contributed by atoms with Crippen LogP contribution in [0.15, 0.2) is 11.1 Å². The predicted molar refractivity (Wildman–Crippen MR) is 134 cm³/mol. The normalized spacial score (nSPS) is 23.5. The number of amides is 1. The van der Waals surface area contributed by atoms with Gasteiger partial charge in [0.05, 0.1) is 19.0 Å². The van der Waals surface area contributed by atoms with Crippen molar-refractivity contribution in [2.75, 3.05) is 11.9 Å². The molecule has 1 amide bonds. The second-order valence-corrected chi connectivity index (χ2v) is 16.8. The highest BCUT2D eigenvalue weighted by Crippen LogP contribution is 2.44. The van der Waals surface area contributed by atoms with Crippen LogP contribution < -0.4 is 16.0 Å². The minimum Gasteiger partial charge on any atom is -0.408 e. The van der Waals surface area contributed by atoms with Crippen molar-refractivity contribution in [1.29, 1.82) is 0 Å². The summed E-state index contributed by atoms with van der Waals surface area (Å²) in [5.41, 5.74) is -0.555. The fourth-order valence-corrected chi connectivity index (χ4v) is 5.54. The number of aliphatic hydroxyl groups excluding tert-OH is 1. The Bertz CT molecular complexity index is 1220. The number of nitrogens with zero attached hydrogens (tertiary/aromatic N) is 3. The number of carbonyl (C=O) groups excluding carboxylic acids is 1. The van der Waals surface area contributed by atoms with E-state index < -0.39 is 52.7 Å². The van der Waals surface area contributed by atoms with E-state index in [1.54, 1.807) is 13.8 Å². The average molecular weight is 547 g/mol. The highest BCUT2D eigenvalue weighted by molar-refractivity contribution is 7.49. The van der Waals surface area contributed by atoms with Crippen LogP contribution in [0.3, 0.4) is 0 Å². The van der Waals surface area contributed by atoms with Crippen LogP contribution in [0.25, 0.3) is 11.2 Å². The van der Waals surface area contributed by atoms with Gasteiger partial charge in [-0.1, -0.05) is 34.6 Å². The maximum Gasteiger partial charge on any atom is 0.400 e. The molecule has 36 heavy (non-hydrogen) atoms. The molecule has 2 aromatic rings. The van der Waals surface area contributed by atoms with Gasteiger partial charge in [-0.2, -0.15) is 4.98 Å². The number of aromatic nitrogens is 4. The zero-order chi connectivity index (χ0) is 27.2. The van der Waals surface area contributed by atoms with Crippen molar-refractivity contribution < 1.29 is 33.4 Å². The third kappa shape index (κ3) is 5.94. The number of ether oxygens (including phenoxy) is 1. The highest BCUT2D eigenvalue weighted by Gasteiger charge is 2.52. The smallest absolute Gasteiger partial charge is 0.400 e. The molecular weight excluding hydrogens is 511 g/mol.